The molecule has 0 aliphatic carbocycles. The smallest absolute Gasteiger partial charge is 0.152 e. The highest BCUT2D eigenvalue weighted by atomic mass is 35.5. The average Bonchev–Trinajstić information content (AvgIpc) is 2.73. The number of ether oxygens (including phenoxy) is 1. The van der Waals surface area contributed by atoms with E-state index in [-0.39, 0.29) is 0 Å². The Bertz CT molecular complexity index is 619. The van der Waals surface area contributed by atoms with Crippen LogP contribution in [0.25, 0.3) is 11.0 Å². The number of carbonyl (C=O) groups is 1. The van der Waals surface area contributed by atoms with E-state index in [1.54, 1.807) is 18.5 Å². The molecule has 0 radical (unpaired) electrons. The Morgan fingerprint density at radius 3 is 2.85 bits per heavy atom. The summed E-state index contributed by atoms with van der Waals surface area (Å²) in [5.74, 6) is 0. The summed E-state index contributed by atoms with van der Waals surface area (Å²) < 4.78 is 7.53. The van der Waals surface area contributed by atoms with Gasteiger partial charge in [-0.2, -0.15) is 0 Å². The van der Waals surface area contributed by atoms with Crippen molar-refractivity contribution in [2.75, 3.05) is 6.61 Å². The van der Waals surface area contributed by atoms with Gasteiger partial charge < -0.3 is 9.30 Å². The summed E-state index contributed by atoms with van der Waals surface area (Å²) in [5, 5.41) is 1.23. The van der Waals surface area contributed by atoms with E-state index in [0.29, 0.717) is 28.4 Å². The van der Waals surface area contributed by atoms with Gasteiger partial charge in [0, 0.05) is 38.0 Å². The largest absolute Gasteiger partial charge is 0.361 e. The number of hydrogen-bond donors (Lipinski definition) is 0. The normalized spacial score (nSPS) is 12.0. The number of halogens is 1. The van der Waals surface area contributed by atoms with Gasteiger partial charge in [0.1, 0.15) is 12.4 Å². The van der Waals surface area contributed by atoms with Crippen LogP contribution in [0.5, 0.6) is 0 Å². The molecule has 4 nitrogen and oxygen atoms in total. The summed E-state index contributed by atoms with van der Waals surface area (Å²) in [6, 6.07) is 2.80. The minimum absolute atomic E-state index is 0.391. The highest BCUT2D eigenvalue weighted by molar-refractivity contribution is 6.76. The van der Waals surface area contributed by atoms with Crippen molar-refractivity contribution in [1.82, 2.24) is 9.55 Å². The van der Waals surface area contributed by atoms with E-state index >= 15 is 0 Å². The summed E-state index contributed by atoms with van der Waals surface area (Å²) in [6.07, 6.45) is 4.18. The van der Waals surface area contributed by atoms with Crippen LogP contribution in [0.1, 0.15) is 10.4 Å². The van der Waals surface area contributed by atoms with Crippen LogP contribution in [-0.4, -0.2) is 30.5 Å². The first-order valence-corrected chi connectivity index (χ1v) is 10.7. The Hall–Kier alpha value is -1.17. The summed E-state index contributed by atoms with van der Waals surface area (Å²) in [7, 11) is -1.09. The van der Waals surface area contributed by atoms with Gasteiger partial charge in [-0.05, 0) is 12.1 Å². The average molecular weight is 311 g/mol. The van der Waals surface area contributed by atoms with Crippen LogP contribution in [-0.2, 0) is 11.5 Å². The van der Waals surface area contributed by atoms with Crippen molar-refractivity contribution < 1.29 is 9.53 Å². The van der Waals surface area contributed by atoms with Crippen molar-refractivity contribution in [3.05, 3.63) is 29.0 Å². The quantitative estimate of drug-likeness (QED) is 0.463. The molecule has 0 bridgehead atoms. The molecule has 2 aromatic heterocycles. The Morgan fingerprint density at radius 2 is 2.20 bits per heavy atom. The van der Waals surface area contributed by atoms with E-state index in [1.807, 2.05) is 4.57 Å². The molecule has 2 rings (SSSR count). The summed E-state index contributed by atoms with van der Waals surface area (Å²) >= 11 is 6.13. The highest BCUT2D eigenvalue weighted by Gasteiger charge is 2.14. The van der Waals surface area contributed by atoms with Gasteiger partial charge in [0.2, 0.25) is 0 Å². The Labute approximate surface area is 124 Å². The first-order chi connectivity index (χ1) is 9.42. The lowest BCUT2D eigenvalue weighted by molar-refractivity contribution is 0.0897. The number of aldehydes is 1. The van der Waals surface area contributed by atoms with Crippen molar-refractivity contribution in [3.63, 3.8) is 0 Å². The molecule has 0 saturated heterocycles. The van der Waals surface area contributed by atoms with Gasteiger partial charge in [-0.25, -0.2) is 4.98 Å². The maximum atomic E-state index is 11.1. The molecule has 0 amide bonds. The standard InChI is InChI=1S/C14H19ClN2O2Si/c1-20(2,3)7-6-19-10-17-8-11(9-18)13-12(15)4-5-16-14(13)17/h4-5,8-9H,6-7,10H2,1-3H3. The van der Waals surface area contributed by atoms with Gasteiger partial charge in [-0.15, -0.1) is 0 Å². The Kier molecular flexibility index (Phi) is 4.62. The predicted molar refractivity (Wildman–Crippen MR) is 84.2 cm³/mol. The molecule has 2 heterocycles. The topological polar surface area (TPSA) is 44.1 Å². The minimum atomic E-state index is -1.09. The molecule has 0 atom stereocenters. The van der Waals surface area contributed by atoms with Crippen LogP contribution in [0, 0.1) is 0 Å². The lowest BCUT2D eigenvalue weighted by Gasteiger charge is -2.15. The number of aromatic nitrogens is 2. The third-order valence-electron chi connectivity index (χ3n) is 3.09. The Morgan fingerprint density at radius 1 is 1.45 bits per heavy atom. The molecule has 0 aromatic carbocycles. The number of hydrogen-bond acceptors (Lipinski definition) is 3. The molecule has 6 heteroatoms. The van der Waals surface area contributed by atoms with Crippen LogP contribution in [0.3, 0.4) is 0 Å². The second-order valence-corrected chi connectivity index (χ2v) is 12.0. The fraction of sp³-hybridized carbons (Fsp3) is 0.429. The van der Waals surface area contributed by atoms with Gasteiger partial charge in [0.05, 0.1) is 5.02 Å². The molecular weight excluding hydrogens is 292 g/mol. The lowest BCUT2D eigenvalue weighted by atomic mass is 10.2. The Balaban J connectivity index is 2.15. The maximum absolute atomic E-state index is 11.1. The summed E-state index contributed by atoms with van der Waals surface area (Å²) in [5.41, 5.74) is 1.24. The van der Waals surface area contributed by atoms with E-state index in [4.69, 9.17) is 16.3 Å². The van der Waals surface area contributed by atoms with Crippen LogP contribution in [0.15, 0.2) is 18.5 Å². The molecule has 0 spiro atoms. The molecule has 0 fully saturated rings. The zero-order valence-electron chi connectivity index (χ0n) is 12.0. The minimum Gasteiger partial charge on any atom is -0.361 e. The first-order valence-electron chi connectivity index (χ1n) is 6.58. The van der Waals surface area contributed by atoms with E-state index in [1.165, 1.54) is 0 Å². The zero-order valence-corrected chi connectivity index (χ0v) is 13.8. The maximum Gasteiger partial charge on any atom is 0.152 e. The third kappa shape index (κ3) is 3.48. The van der Waals surface area contributed by atoms with E-state index in [2.05, 4.69) is 24.6 Å². The molecule has 108 valence electrons. The highest BCUT2D eigenvalue weighted by Crippen LogP contribution is 2.26. The molecule has 0 unspecified atom stereocenters. The number of fused-ring (bicyclic) bond motifs is 1. The van der Waals surface area contributed by atoms with Gasteiger partial charge in [-0.1, -0.05) is 31.2 Å². The number of pyridine rings is 1. The molecule has 0 N–H and O–H groups in total. The van der Waals surface area contributed by atoms with Crippen molar-refractivity contribution in [1.29, 1.82) is 0 Å². The molecule has 0 saturated carbocycles. The lowest BCUT2D eigenvalue weighted by Crippen LogP contribution is -2.22. The summed E-state index contributed by atoms with van der Waals surface area (Å²) in [6.45, 7) is 8.06. The van der Waals surface area contributed by atoms with Gasteiger partial charge in [-0.3, -0.25) is 4.79 Å². The van der Waals surface area contributed by atoms with Gasteiger partial charge >= 0.3 is 0 Å². The molecule has 0 aliphatic rings. The van der Waals surface area contributed by atoms with E-state index < -0.39 is 8.07 Å². The van der Waals surface area contributed by atoms with Crippen molar-refractivity contribution in [2.24, 2.45) is 0 Å². The third-order valence-corrected chi connectivity index (χ3v) is 5.11. The van der Waals surface area contributed by atoms with Crippen LogP contribution in [0.4, 0.5) is 0 Å². The molecule has 20 heavy (non-hydrogen) atoms. The van der Waals surface area contributed by atoms with E-state index in [9.17, 15) is 4.79 Å². The number of nitrogens with zero attached hydrogens (tertiary/aromatic N) is 2. The predicted octanol–water partition coefficient (Wildman–Crippen LogP) is 3.81. The van der Waals surface area contributed by atoms with Crippen LogP contribution in [0.2, 0.25) is 30.7 Å². The van der Waals surface area contributed by atoms with Crippen molar-refractivity contribution in [3.8, 4) is 0 Å². The van der Waals surface area contributed by atoms with Crippen LogP contribution >= 0.6 is 11.6 Å². The number of carbonyl (C=O) groups excluding carboxylic acids is 1. The first kappa shape index (κ1) is 15.2. The second-order valence-electron chi connectivity index (χ2n) is 6.01. The van der Waals surface area contributed by atoms with Crippen LogP contribution < -0.4 is 0 Å². The molecule has 0 aliphatic heterocycles. The van der Waals surface area contributed by atoms with Crippen molar-refractivity contribution >= 4 is 37.0 Å². The fourth-order valence-corrected chi connectivity index (χ4v) is 2.94. The second kappa shape index (κ2) is 6.07. The van der Waals surface area contributed by atoms with Gasteiger partial charge in [0.25, 0.3) is 0 Å². The summed E-state index contributed by atoms with van der Waals surface area (Å²) in [4.78, 5) is 15.4. The number of rotatable bonds is 6. The fourth-order valence-electron chi connectivity index (χ4n) is 1.94. The van der Waals surface area contributed by atoms with Crippen molar-refractivity contribution in [2.45, 2.75) is 32.4 Å². The van der Waals surface area contributed by atoms with Gasteiger partial charge in [0.15, 0.2) is 6.29 Å². The molecule has 2 aromatic rings. The molecular formula is C14H19ClN2O2Si. The zero-order chi connectivity index (χ0) is 14.8. The monoisotopic (exact) mass is 310 g/mol. The SMILES string of the molecule is C[Si](C)(C)CCOCn1cc(C=O)c2c(Cl)ccnc21. The van der Waals surface area contributed by atoms with E-state index in [0.717, 1.165) is 18.9 Å².